The van der Waals surface area contributed by atoms with Gasteiger partial charge in [0.1, 0.15) is 0 Å². The minimum atomic E-state index is -0.410. The number of hydrogen-bond acceptors (Lipinski definition) is 5. The Balaban J connectivity index is 1.24. The van der Waals surface area contributed by atoms with E-state index in [1.807, 2.05) is 17.2 Å². The summed E-state index contributed by atoms with van der Waals surface area (Å²) in [6, 6.07) is 4.22. The number of amides is 5. The standard InChI is InChI=1S/C23H31N7O3/c1-16-14-27(10-11-28(16)22(32)25-18-4-2-3-5-18)15-17-6-9-30-19(12-17)20(13-24-30)29-8-7-21(31)26-23(29)33/h6,9,12-13,16,18H,2-5,7-8,10-11,14-15H2,1H3,(H,25,32)(H,26,31,33)/t16-/m0/s1. The number of aromatic nitrogens is 2. The van der Waals surface area contributed by atoms with Crippen LogP contribution in [-0.2, 0) is 11.3 Å². The van der Waals surface area contributed by atoms with Crippen LogP contribution in [0.1, 0.15) is 44.6 Å². The van der Waals surface area contributed by atoms with E-state index in [4.69, 9.17) is 0 Å². The van der Waals surface area contributed by atoms with E-state index in [1.165, 1.54) is 12.8 Å². The van der Waals surface area contributed by atoms with E-state index < -0.39 is 6.03 Å². The molecular weight excluding hydrogens is 422 g/mol. The van der Waals surface area contributed by atoms with Gasteiger partial charge in [-0.2, -0.15) is 5.10 Å². The molecule has 2 N–H and O–H groups in total. The molecule has 0 unspecified atom stereocenters. The van der Waals surface area contributed by atoms with Gasteiger partial charge in [0.05, 0.1) is 17.4 Å². The Labute approximate surface area is 192 Å². The van der Waals surface area contributed by atoms with Crippen LogP contribution in [0.15, 0.2) is 24.5 Å². The molecule has 10 nitrogen and oxygen atoms in total. The van der Waals surface area contributed by atoms with Crippen molar-refractivity contribution in [3.8, 4) is 0 Å². The summed E-state index contributed by atoms with van der Waals surface area (Å²) in [7, 11) is 0. The molecule has 2 aromatic heterocycles. The highest BCUT2D eigenvalue weighted by atomic mass is 16.2. The fourth-order valence-electron chi connectivity index (χ4n) is 5.18. The molecule has 0 aromatic carbocycles. The number of anilines is 1. The van der Waals surface area contributed by atoms with Crippen LogP contribution >= 0.6 is 0 Å². The summed E-state index contributed by atoms with van der Waals surface area (Å²) in [4.78, 5) is 42.4. The lowest BCUT2D eigenvalue weighted by Gasteiger charge is -2.40. The third-order valence-electron chi connectivity index (χ3n) is 6.97. The van der Waals surface area contributed by atoms with Crippen molar-refractivity contribution in [1.82, 2.24) is 30.0 Å². The van der Waals surface area contributed by atoms with Crippen LogP contribution in [0.25, 0.3) is 5.52 Å². The minimum absolute atomic E-state index is 0.0673. The van der Waals surface area contributed by atoms with E-state index in [1.54, 1.807) is 15.6 Å². The molecule has 2 aliphatic heterocycles. The van der Waals surface area contributed by atoms with Crippen LogP contribution in [0.5, 0.6) is 0 Å². The number of piperazine rings is 1. The Bertz CT molecular complexity index is 1060. The number of hydrogen-bond donors (Lipinski definition) is 2. The first-order valence-corrected chi connectivity index (χ1v) is 11.8. The number of nitrogens with one attached hydrogen (secondary N) is 2. The number of nitrogens with zero attached hydrogens (tertiary/aromatic N) is 5. The first kappa shape index (κ1) is 21.7. The van der Waals surface area contributed by atoms with Gasteiger partial charge < -0.3 is 10.2 Å². The van der Waals surface area contributed by atoms with Gasteiger partial charge in [0.2, 0.25) is 5.91 Å². The molecule has 0 bridgehead atoms. The summed E-state index contributed by atoms with van der Waals surface area (Å²) < 4.78 is 1.75. The van der Waals surface area contributed by atoms with Crippen molar-refractivity contribution >= 4 is 29.2 Å². The first-order valence-electron chi connectivity index (χ1n) is 11.8. The maximum Gasteiger partial charge on any atom is 0.328 e. The summed E-state index contributed by atoms with van der Waals surface area (Å²) in [6.45, 7) is 5.55. The van der Waals surface area contributed by atoms with E-state index >= 15 is 0 Å². The van der Waals surface area contributed by atoms with Crippen molar-refractivity contribution in [3.05, 3.63) is 30.1 Å². The predicted octanol–water partition coefficient (Wildman–Crippen LogP) is 1.94. The van der Waals surface area contributed by atoms with Gasteiger partial charge in [-0.3, -0.25) is 19.9 Å². The van der Waals surface area contributed by atoms with E-state index in [-0.39, 0.29) is 24.4 Å². The fourth-order valence-corrected chi connectivity index (χ4v) is 5.18. The molecule has 10 heteroatoms. The second-order valence-corrected chi connectivity index (χ2v) is 9.36. The molecule has 5 rings (SSSR count). The summed E-state index contributed by atoms with van der Waals surface area (Å²) in [5.74, 6) is -0.251. The van der Waals surface area contributed by atoms with Gasteiger partial charge >= 0.3 is 12.1 Å². The number of rotatable bonds is 4. The average Bonchev–Trinajstić information content (AvgIpc) is 3.44. The number of fused-ring (bicyclic) bond motifs is 1. The van der Waals surface area contributed by atoms with Gasteiger partial charge in [-0.25, -0.2) is 14.1 Å². The highest BCUT2D eigenvalue weighted by Crippen LogP contribution is 2.25. The van der Waals surface area contributed by atoms with Crippen molar-refractivity contribution in [2.45, 2.75) is 57.7 Å². The van der Waals surface area contributed by atoms with Crippen molar-refractivity contribution in [1.29, 1.82) is 0 Å². The average molecular weight is 454 g/mol. The highest BCUT2D eigenvalue weighted by molar-refractivity contribution is 6.07. The Kier molecular flexibility index (Phi) is 5.92. The molecule has 0 spiro atoms. The predicted molar refractivity (Wildman–Crippen MR) is 123 cm³/mol. The van der Waals surface area contributed by atoms with Crippen LogP contribution < -0.4 is 15.5 Å². The van der Waals surface area contributed by atoms with Gasteiger partial charge in [-0.05, 0) is 37.5 Å². The Morgan fingerprint density at radius 2 is 2.03 bits per heavy atom. The van der Waals surface area contributed by atoms with Crippen LogP contribution in [0.3, 0.4) is 0 Å². The third kappa shape index (κ3) is 4.52. The molecule has 1 saturated carbocycles. The molecule has 3 fully saturated rings. The molecule has 1 aliphatic carbocycles. The topological polar surface area (TPSA) is 102 Å². The Morgan fingerprint density at radius 1 is 1.21 bits per heavy atom. The van der Waals surface area contributed by atoms with Crippen LogP contribution in [0.2, 0.25) is 0 Å². The van der Waals surface area contributed by atoms with E-state index in [0.29, 0.717) is 24.8 Å². The number of imide groups is 1. The van der Waals surface area contributed by atoms with Gasteiger partial charge in [0.15, 0.2) is 0 Å². The molecule has 33 heavy (non-hydrogen) atoms. The molecule has 0 radical (unpaired) electrons. The third-order valence-corrected chi connectivity index (χ3v) is 6.97. The van der Waals surface area contributed by atoms with Gasteiger partial charge in [-0.15, -0.1) is 0 Å². The van der Waals surface area contributed by atoms with E-state index in [2.05, 4.69) is 33.6 Å². The summed E-state index contributed by atoms with van der Waals surface area (Å²) in [5, 5.41) is 9.94. The van der Waals surface area contributed by atoms with Gasteiger partial charge in [-0.1, -0.05) is 12.8 Å². The number of carbonyl (C=O) groups excluding carboxylic acids is 3. The lowest BCUT2D eigenvalue weighted by atomic mass is 10.1. The van der Waals surface area contributed by atoms with Crippen LogP contribution in [-0.4, -0.2) is 75.6 Å². The van der Waals surface area contributed by atoms with Crippen molar-refractivity contribution < 1.29 is 14.4 Å². The maximum absolute atomic E-state index is 12.7. The summed E-state index contributed by atoms with van der Waals surface area (Å²) in [5.41, 5.74) is 2.65. The highest BCUT2D eigenvalue weighted by Gasteiger charge is 2.30. The number of pyridine rings is 1. The second kappa shape index (κ2) is 9.01. The van der Waals surface area contributed by atoms with E-state index in [9.17, 15) is 14.4 Å². The van der Waals surface area contributed by atoms with Crippen molar-refractivity contribution in [2.75, 3.05) is 31.1 Å². The first-order chi connectivity index (χ1) is 16.0. The van der Waals surface area contributed by atoms with Crippen molar-refractivity contribution in [2.24, 2.45) is 0 Å². The van der Waals surface area contributed by atoms with E-state index in [0.717, 1.165) is 43.6 Å². The zero-order chi connectivity index (χ0) is 22.9. The SMILES string of the molecule is C[C@H]1CN(Cc2ccn3ncc(N4CCC(=O)NC4=O)c3c2)CCN1C(=O)NC1CCCC1. The molecule has 4 heterocycles. The lowest BCUT2D eigenvalue weighted by molar-refractivity contribution is -0.120. The van der Waals surface area contributed by atoms with Crippen molar-refractivity contribution in [3.63, 3.8) is 0 Å². The summed E-state index contributed by atoms with van der Waals surface area (Å²) >= 11 is 0. The smallest absolute Gasteiger partial charge is 0.328 e. The Hall–Kier alpha value is -3.14. The molecule has 3 aliphatic rings. The largest absolute Gasteiger partial charge is 0.335 e. The van der Waals surface area contributed by atoms with Gasteiger partial charge in [0, 0.05) is 57.4 Å². The maximum atomic E-state index is 12.7. The molecule has 2 saturated heterocycles. The molecule has 1 atom stereocenters. The number of carbonyl (C=O) groups is 3. The molecule has 2 aromatic rings. The molecule has 5 amide bonds. The molecular formula is C23H31N7O3. The molecule has 176 valence electrons. The zero-order valence-corrected chi connectivity index (χ0v) is 19.0. The second-order valence-electron chi connectivity index (χ2n) is 9.36. The number of urea groups is 2. The minimum Gasteiger partial charge on any atom is -0.335 e. The fraction of sp³-hybridized carbons (Fsp3) is 0.565. The summed E-state index contributed by atoms with van der Waals surface area (Å²) in [6.07, 6.45) is 8.44. The quantitative estimate of drug-likeness (QED) is 0.737. The monoisotopic (exact) mass is 453 g/mol. The van der Waals surface area contributed by atoms with Crippen LogP contribution in [0.4, 0.5) is 15.3 Å². The lowest BCUT2D eigenvalue weighted by Crippen LogP contribution is -2.57. The zero-order valence-electron chi connectivity index (χ0n) is 19.0. The van der Waals surface area contributed by atoms with Crippen LogP contribution in [0, 0.1) is 0 Å². The normalized spacial score (nSPS) is 22.8. The Morgan fingerprint density at radius 3 is 2.79 bits per heavy atom. The van der Waals surface area contributed by atoms with Gasteiger partial charge in [0.25, 0.3) is 0 Å².